The lowest BCUT2D eigenvalue weighted by Crippen LogP contribution is -2.43. The van der Waals surface area contributed by atoms with Crippen LogP contribution in [0.25, 0.3) is 10.2 Å². The fourth-order valence-corrected chi connectivity index (χ4v) is 3.56. The molecule has 1 N–H and O–H groups in total. The molecule has 0 radical (unpaired) electrons. The van der Waals surface area contributed by atoms with Gasteiger partial charge in [-0.1, -0.05) is 0 Å². The highest BCUT2D eigenvalue weighted by molar-refractivity contribution is 7.16. The Kier molecular flexibility index (Phi) is 3.56. The van der Waals surface area contributed by atoms with Gasteiger partial charge in [-0.15, -0.1) is 11.3 Å². The molecule has 0 aromatic carbocycles. The second-order valence-corrected chi connectivity index (χ2v) is 6.23. The molecule has 0 saturated carbocycles. The Morgan fingerprint density at radius 1 is 1.18 bits per heavy atom. The molecular formula is C15H16N6S. The monoisotopic (exact) mass is 312 g/mol. The molecule has 3 aromatic heterocycles. The first kappa shape index (κ1) is 13.4. The van der Waals surface area contributed by atoms with Crippen LogP contribution in [0.2, 0.25) is 0 Å². The highest BCUT2D eigenvalue weighted by Gasteiger charge is 2.22. The Morgan fingerprint density at radius 3 is 3.00 bits per heavy atom. The number of rotatable bonds is 3. The minimum absolute atomic E-state index is 0.343. The van der Waals surface area contributed by atoms with Crippen molar-refractivity contribution in [3.05, 3.63) is 36.2 Å². The van der Waals surface area contributed by atoms with E-state index in [-0.39, 0.29) is 0 Å². The third-order valence-corrected chi connectivity index (χ3v) is 4.68. The van der Waals surface area contributed by atoms with Gasteiger partial charge < -0.3 is 10.2 Å². The third kappa shape index (κ3) is 2.59. The molecule has 1 aliphatic heterocycles. The lowest BCUT2D eigenvalue weighted by Gasteiger charge is -2.33. The molecule has 6 nitrogen and oxygen atoms in total. The topological polar surface area (TPSA) is 66.8 Å². The van der Waals surface area contributed by atoms with Crippen LogP contribution in [0.3, 0.4) is 0 Å². The SMILES string of the molecule is c1cnc(N2CCC[C@@H](Nc3ncnc4sccc34)C2)nc1. The second kappa shape index (κ2) is 5.84. The number of piperidine rings is 1. The standard InChI is InChI=1S/C15H16N6S/c1-3-11(9-21(7-1)15-16-5-2-6-17-15)20-13-12-4-8-22-14(12)19-10-18-13/h2,4-6,8,10-11H,1,3,7,9H2,(H,18,19,20)/t11-/m1/s1. The van der Waals surface area contributed by atoms with Crippen molar-refractivity contribution in [2.24, 2.45) is 0 Å². The fourth-order valence-electron chi connectivity index (χ4n) is 2.83. The number of thiophene rings is 1. The van der Waals surface area contributed by atoms with Crippen LogP contribution in [-0.2, 0) is 0 Å². The van der Waals surface area contributed by atoms with E-state index in [4.69, 9.17) is 0 Å². The van der Waals surface area contributed by atoms with Gasteiger partial charge in [0.05, 0.1) is 5.39 Å². The molecule has 22 heavy (non-hydrogen) atoms. The number of nitrogens with one attached hydrogen (secondary N) is 1. The van der Waals surface area contributed by atoms with Crippen molar-refractivity contribution in [2.75, 3.05) is 23.3 Å². The third-order valence-electron chi connectivity index (χ3n) is 3.86. The summed E-state index contributed by atoms with van der Waals surface area (Å²) in [4.78, 5) is 20.7. The smallest absolute Gasteiger partial charge is 0.225 e. The minimum atomic E-state index is 0.343. The van der Waals surface area contributed by atoms with Crippen molar-refractivity contribution in [2.45, 2.75) is 18.9 Å². The van der Waals surface area contributed by atoms with Crippen LogP contribution in [0.4, 0.5) is 11.8 Å². The molecule has 1 fully saturated rings. The summed E-state index contributed by atoms with van der Waals surface area (Å²) in [6, 6.07) is 4.26. The van der Waals surface area contributed by atoms with Crippen molar-refractivity contribution in [3.8, 4) is 0 Å². The number of aromatic nitrogens is 4. The minimum Gasteiger partial charge on any atom is -0.365 e. The molecule has 0 aliphatic carbocycles. The highest BCUT2D eigenvalue weighted by Crippen LogP contribution is 2.26. The van der Waals surface area contributed by atoms with Crippen LogP contribution < -0.4 is 10.2 Å². The molecule has 1 saturated heterocycles. The summed E-state index contributed by atoms with van der Waals surface area (Å²) in [5.41, 5.74) is 0. The maximum Gasteiger partial charge on any atom is 0.225 e. The van der Waals surface area contributed by atoms with Crippen LogP contribution in [0, 0.1) is 0 Å². The van der Waals surface area contributed by atoms with Gasteiger partial charge in [0, 0.05) is 31.5 Å². The summed E-state index contributed by atoms with van der Waals surface area (Å²) in [6.45, 7) is 1.89. The van der Waals surface area contributed by atoms with E-state index < -0.39 is 0 Å². The Bertz CT molecular complexity index is 759. The predicted octanol–water partition coefficient (Wildman–Crippen LogP) is 2.56. The molecule has 0 amide bonds. The maximum atomic E-state index is 4.41. The van der Waals surface area contributed by atoms with E-state index in [9.17, 15) is 0 Å². The first-order valence-corrected chi connectivity index (χ1v) is 8.25. The van der Waals surface area contributed by atoms with Gasteiger partial charge in [0.1, 0.15) is 17.0 Å². The molecule has 7 heteroatoms. The molecule has 0 unspecified atom stereocenters. The van der Waals surface area contributed by atoms with E-state index in [0.29, 0.717) is 6.04 Å². The zero-order valence-electron chi connectivity index (χ0n) is 12.0. The quantitative estimate of drug-likeness (QED) is 0.802. The fraction of sp³-hybridized carbons (Fsp3) is 0.333. The molecule has 112 valence electrons. The molecule has 0 spiro atoms. The summed E-state index contributed by atoms with van der Waals surface area (Å²) in [5.74, 6) is 1.73. The number of anilines is 2. The predicted molar refractivity (Wildman–Crippen MR) is 88.3 cm³/mol. The number of hydrogen-bond acceptors (Lipinski definition) is 7. The Hall–Kier alpha value is -2.28. The highest BCUT2D eigenvalue weighted by atomic mass is 32.1. The van der Waals surface area contributed by atoms with E-state index >= 15 is 0 Å². The van der Waals surface area contributed by atoms with Crippen LogP contribution in [-0.4, -0.2) is 39.1 Å². The molecule has 4 rings (SSSR count). The zero-order chi connectivity index (χ0) is 14.8. The van der Waals surface area contributed by atoms with Crippen LogP contribution in [0.15, 0.2) is 36.2 Å². The lowest BCUT2D eigenvalue weighted by molar-refractivity contribution is 0.522. The molecule has 0 bridgehead atoms. The first-order valence-electron chi connectivity index (χ1n) is 7.37. The van der Waals surface area contributed by atoms with Gasteiger partial charge in [-0.25, -0.2) is 19.9 Å². The summed E-state index contributed by atoms with van der Waals surface area (Å²) in [6.07, 6.45) is 7.45. The number of fused-ring (bicyclic) bond motifs is 1. The summed E-state index contributed by atoms with van der Waals surface area (Å²) < 4.78 is 0. The summed E-state index contributed by atoms with van der Waals surface area (Å²) in [7, 11) is 0. The largest absolute Gasteiger partial charge is 0.365 e. The van der Waals surface area contributed by atoms with Gasteiger partial charge in [0.25, 0.3) is 0 Å². The zero-order valence-corrected chi connectivity index (χ0v) is 12.8. The number of hydrogen-bond donors (Lipinski definition) is 1. The van der Waals surface area contributed by atoms with Gasteiger partial charge in [-0.3, -0.25) is 0 Å². The van der Waals surface area contributed by atoms with Crippen LogP contribution >= 0.6 is 11.3 Å². The normalized spacial score (nSPS) is 18.5. The number of nitrogens with zero attached hydrogens (tertiary/aromatic N) is 5. The maximum absolute atomic E-state index is 4.41. The van der Waals surface area contributed by atoms with Gasteiger partial charge in [0.2, 0.25) is 5.95 Å². The van der Waals surface area contributed by atoms with Crippen molar-refractivity contribution in [1.82, 2.24) is 19.9 Å². The van der Waals surface area contributed by atoms with Gasteiger partial charge in [-0.2, -0.15) is 0 Å². The average molecular weight is 312 g/mol. The van der Waals surface area contributed by atoms with Crippen molar-refractivity contribution in [1.29, 1.82) is 0 Å². The van der Waals surface area contributed by atoms with E-state index in [1.54, 1.807) is 30.1 Å². The molecule has 3 aromatic rings. The van der Waals surface area contributed by atoms with Crippen molar-refractivity contribution in [3.63, 3.8) is 0 Å². The molecule has 1 aliphatic rings. The van der Waals surface area contributed by atoms with Crippen molar-refractivity contribution >= 4 is 33.3 Å². The summed E-state index contributed by atoms with van der Waals surface area (Å²) >= 11 is 1.64. The van der Waals surface area contributed by atoms with E-state index in [1.165, 1.54) is 0 Å². The van der Waals surface area contributed by atoms with Crippen LogP contribution in [0.1, 0.15) is 12.8 Å². The van der Waals surface area contributed by atoms with E-state index in [0.717, 1.165) is 47.9 Å². The van der Waals surface area contributed by atoms with Crippen molar-refractivity contribution < 1.29 is 0 Å². The second-order valence-electron chi connectivity index (χ2n) is 5.34. The van der Waals surface area contributed by atoms with Gasteiger partial charge in [-0.05, 0) is 30.4 Å². The molecule has 1 atom stereocenters. The van der Waals surface area contributed by atoms with E-state index in [1.807, 2.05) is 6.07 Å². The Morgan fingerprint density at radius 2 is 2.09 bits per heavy atom. The first-order chi connectivity index (χ1) is 10.9. The lowest BCUT2D eigenvalue weighted by atomic mass is 10.1. The average Bonchev–Trinajstić information content (AvgIpc) is 3.06. The van der Waals surface area contributed by atoms with Crippen LogP contribution in [0.5, 0.6) is 0 Å². The van der Waals surface area contributed by atoms with Gasteiger partial charge >= 0.3 is 0 Å². The Labute approximate surface area is 132 Å². The molecule has 4 heterocycles. The van der Waals surface area contributed by atoms with E-state index in [2.05, 4.69) is 41.6 Å². The Balaban J connectivity index is 1.52. The van der Waals surface area contributed by atoms with Gasteiger partial charge in [0.15, 0.2) is 0 Å². The summed E-state index contributed by atoms with van der Waals surface area (Å²) in [5, 5.41) is 6.72. The molecular weight excluding hydrogens is 296 g/mol.